The van der Waals surface area contributed by atoms with E-state index in [4.69, 9.17) is 0 Å². The summed E-state index contributed by atoms with van der Waals surface area (Å²) in [7, 11) is 0. The van der Waals surface area contributed by atoms with Crippen LogP contribution in [0.15, 0.2) is 23.8 Å². The Morgan fingerprint density at radius 3 is 2.83 bits per heavy atom. The minimum atomic E-state index is 0.0677. The summed E-state index contributed by atoms with van der Waals surface area (Å²) >= 11 is 3.18. The number of likely N-dealkylation sites (tertiary alicyclic amines) is 1. The van der Waals surface area contributed by atoms with Crippen LogP contribution in [0.1, 0.15) is 52.3 Å². The molecule has 2 N–H and O–H groups in total. The third-order valence-electron chi connectivity index (χ3n) is 5.69. The Morgan fingerprint density at radius 2 is 2.17 bits per heavy atom. The van der Waals surface area contributed by atoms with Crippen LogP contribution in [0.25, 0.3) is 10.2 Å². The second-order valence-electron chi connectivity index (χ2n) is 7.50. The standard InChI is InChI=1S/C21H26N4O2S2/c1-3-15(16-5-4-10-28-16)24-19-17-13(2)18(29-20(17)23-12-22-19)21(27)25-8-6-14(11-26)7-9-25/h4-5,10,12,14-15,26H,3,6-9,11H2,1-2H3,(H,22,23,24)/t15-/m0/s1. The van der Waals surface area contributed by atoms with E-state index in [2.05, 4.69) is 39.7 Å². The van der Waals surface area contributed by atoms with Gasteiger partial charge in [0, 0.05) is 24.6 Å². The van der Waals surface area contributed by atoms with E-state index in [1.807, 2.05) is 11.8 Å². The van der Waals surface area contributed by atoms with Gasteiger partial charge in [0.1, 0.15) is 17.0 Å². The fourth-order valence-corrected chi connectivity index (χ4v) is 5.85. The molecule has 4 rings (SSSR count). The largest absolute Gasteiger partial charge is 0.396 e. The fraction of sp³-hybridized carbons (Fsp3) is 0.476. The number of nitrogens with one attached hydrogen (secondary N) is 1. The topological polar surface area (TPSA) is 78.4 Å². The number of hydrogen-bond donors (Lipinski definition) is 2. The Kier molecular flexibility index (Phi) is 6.12. The molecule has 29 heavy (non-hydrogen) atoms. The van der Waals surface area contributed by atoms with E-state index in [1.165, 1.54) is 16.2 Å². The van der Waals surface area contributed by atoms with E-state index >= 15 is 0 Å². The van der Waals surface area contributed by atoms with Gasteiger partial charge < -0.3 is 15.3 Å². The van der Waals surface area contributed by atoms with Crippen LogP contribution in [0.3, 0.4) is 0 Å². The zero-order valence-corrected chi connectivity index (χ0v) is 18.4. The highest BCUT2D eigenvalue weighted by atomic mass is 32.1. The van der Waals surface area contributed by atoms with Gasteiger partial charge in [-0.1, -0.05) is 13.0 Å². The molecule has 1 amide bonds. The highest BCUT2D eigenvalue weighted by Crippen LogP contribution is 2.36. The van der Waals surface area contributed by atoms with Gasteiger partial charge in [-0.05, 0) is 49.1 Å². The van der Waals surface area contributed by atoms with Gasteiger partial charge in [-0.25, -0.2) is 9.97 Å². The number of aliphatic hydroxyl groups is 1. The molecule has 0 bridgehead atoms. The summed E-state index contributed by atoms with van der Waals surface area (Å²) < 4.78 is 0. The van der Waals surface area contributed by atoms with Crippen LogP contribution in [0, 0.1) is 12.8 Å². The molecule has 3 aromatic heterocycles. The van der Waals surface area contributed by atoms with Crippen LogP contribution in [0.5, 0.6) is 0 Å². The lowest BCUT2D eigenvalue weighted by Gasteiger charge is -2.31. The number of thiophene rings is 2. The minimum absolute atomic E-state index is 0.0677. The van der Waals surface area contributed by atoms with Crippen molar-refractivity contribution in [1.29, 1.82) is 0 Å². The van der Waals surface area contributed by atoms with Crippen molar-refractivity contribution in [2.75, 3.05) is 25.0 Å². The van der Waals surface area contributed by atoms with Crippen molar-refractivity contribution in [3.8, 4) is 0 Å². The molecule has 6 nitrogen and oxygen atoms in total. The Morgan fingerprint density at radius 1 is 1.38 bits per heavy atom. The number of piperidine rings is 1. The molecule has 8 heteroatoms. The summed E-state index contributed by atoms with van der Waals surface area (Å²) in [6, 6.07) is 4.38. The molecule has 1 aliphatic rings. The number of aromatic nitrogens is 2. The van der Waals surface area contributed by atoms with Crippen molar-refractivity contribution in [3.05, 3.63) is 39.2 Å². The predicted molar refractivity (Wildman–Crippen MR) is 119 cm³/mol. The van der Waals surface area contributed by atoms with Gasteiger partial charge in [-0.3, -0.25) is 4.79 Å². The SMILES string of the molecule is CC[C@H](Nc1ncnc2sc(C(=O)N3CCC(CO)CC3)c(C)c12)c1cccs1. The van der Waals surface area contributed by atoms with Gasteiger partial charge in [0.15, 0.2) is 0 Å². The van der Waals surface area contributed by atoms with E-state index in [9.17, 15) is 9.90 Å². The second kappa shape index (κ2) is 8.77. The quantitative estimate of drug-likeness (QED) is 0.603. The molecule has 3 aromatic rings. The summed E-state index contributed by atoms with van der Waals surface area (Å²) in [6.45, 7) is 5.75. The Bertz CT molecular complexity index is 978. The van der Waals surface area contributed by atoms with Gasteiger partial charge in [-0.15, -0.1) is 22.7 Å². The van der Waals surface area contributed by atoms with Crippen molar-refractivity contribution in [1.82, 2.24) is 14.9 Å². The fourth-order valence-electron chi connectivity index (χ4n) is 3.88. The maximum atomic E-state index is 13.2. The lowest BCUT2D eigenvalue weighted by atomic mass is 9.97. The first kappa shape index (κ1) is 20.3. The Balaban J connectivity index is 1.62. The minimum Gasteiger partial charge on any atom is -0.396 e. The molecule has 0 radical (unpaired) electrons. The van der Waals surface area contributed by atoms with Crippen LogP contribution in [-0.4, -0.2) is 45.6 Å². The number of rotatable bonds is 6. The van der Waals surface area contributed by atoms with Crippen molar-refractivity contribution < 1.29 is 9.90 Å². The molecule has 1 fully saturated rings. The molecular formula is C21H26N4O2S2. The first-order valence-corrected chi connectivity index (χ1v) is 11.8. The first-order chi connectivity index (χ1) is 14.1. The van der Waals surface area contributed by atoms with Crippen LogP contribution < -0.4 is 5.32 Å². The third-order valence-corrected chi connectivity index (χ3v) is 7.86. The molecular weight excluding hydrogens is 404 g/mol. The van der Waals surface area contributed by atoms with E-state index in [0.717, 1.165) is 45.7 Å². The highest BCUT2D eigenvalue weighted by Gasteiger charge is 2.27. The number of nitrogens with zero attached hydrogens (tertiary/aromatic N) is 3. The maximum absolute atomic E-state index is 13.2. The van der Waals surface area contributed by atoms with E-state index < -0.39 is 0 Å². The van der Waals surface area contributed by atoms with Crippen molar-refractivity contribution in [2.24, 2.45) is 5.92 Å². The summed E-state index contributed by atoms with van der Waals surface area (Å²) in [6.07, 6.45) is 4.24. The number of amides is 1. The molecule has 154 valence electrons. The van der Waals surface area contributed by atoms with E-state index in [1.54, 1.807) is 17.7 Å². The molecule has 0 spiro atoms. The van der Waals surface area contributed by atoms with Crippen LogP contribution in [0.4, 0.5) is 5.82 Å². The third kappa shape index (κ3) is 4.01. The zero-order chi connectivity index (χ0) is 20.4. The Labute approximate surface area is 178 Å². The van der Waals surface area contributed by atoms with Gasteiger partial charge in [0.25, 0.3) is 5.91 Å². The van der Waals surface area contributed by atoms with Gasteiger partial charge in [0.2, 0.25) is 0 Å². The number of aryl methyl sites for hydroxylation is 1. The number of anilines is 1. The molecule has 4 heterocycles. The monoisotopic (exact) mass is 430 g/mol. The number of carbonyl (C=O) groups excluding carboxylic acids is 1. The number of hydrogen-bond acceptors (Lipinski definition) is 7. The van der Waals surface area contributed by atoms with Crippen molar-refractivity contribution in [2.45, 2.75) is 39.2 Å². The van der Waals surface area contributed by atoms with Crippen LogP contribution in [-0.2, 0) is 0 Å². The van der Waals surface area contributed by atoms with E-state index in [0.29, 0.717) is 19.0 Å². The summed E-state index contributed by atoms with van der Waals surface area (Å²) in [5.41, 5.74) is 0.948. The summed E-state index contributed by atoms with van der Waals surface area (Å²) in [5.74, 6) is 1.17. The predicted octanol–water partition coefficient (Wildman–Crippen LogP) is 4.47. The Hall–Kier alpha value is -2.03. The van der Waals surface area contributed by atoms with Gasteiger partial charge >= 0.3 is 0 Å². The van der Waals surface area contributed by atoms with Gasteiger partial charge in [0.05, 0.1) is 16.3 Å². The van der Waals surface area contributed by atoms with E-state index in [-0.39, 0.29) is 18.6 Å². The molecule has 1 atom stereocenters. The number of fused-ring (bicyclic) bond motifs is 1. The molecule has 0 saturated carbocycles. The van der Waals surface area contributed by atoms with Crippen LogP contribution >= 0.6 is 22.7 Å². The lowest BCUT2D eigenvalue weighted by Crippen LogP contribution is -2.39. The van der Waals surface area contributed by atoms with Gasteiger partial charge in [-0.2, -0.15) is 0 Å². The van der Waals surface area contributed by atoms with Crippen molar-refractivity contribution in [3.63, 3.8) is 0 Å². The molecule has 1 saturated heterocycles. The molecule has 0 unspecified atom stereocenters. The smallest absolute Gasteiger partial charge is 0.264 e. The average molecular weight is 431 g/mol. The lowest BCUT2D eigenvalue weighted by molar-refractivity contribution is 0.0655. The van der Waals surface area contributed by atoms with Crippen molar-refractivity contribution >= 4 is 44.6 Å². The maximum Gasteiger partial charge on any atom is 0.264 e. The zero-order valence-electron chi connectivity index (χ0n) is 16.7. The first-order valence-electron chi connectivity index (χ1n) is 10.1. The highest BCUT2D eigenvalue weighted by molar-refractivity contribution is 7.20. The second-order valence-corrected chi connectivity index (χ2v) is 9.48. The molecule has 1 aliphatic heterocycles. The molecule has 0 aromatic carbocycles. The van der Waals surface area contributed by atoms with Crippen LogP contribution in [0.2, 0.25) is 0 Å². The normalized spacial score (nSPS) is 16.3. The number of carbonyl (C=O) groups is 1. The summed E-state index contributed by atoms with van der Waals surface area (Å²) in [5, 5.41) is 15.9. The number of aliphatic hydroxyl groups excluding tert-OH is 1. The summed E-state index contributed by atoms with van der Waals surface area (Å²) in [4.78, 5) is 26.9. The molecule has 0 aliphatic carbocycles. The average Bonchev–Trinajstić information content (AvgIpc) is 3.40.